The fraction of sp³-hybridized carbons (Fsp3) is 1.00. The van der Waals surface area contributed by atoms with Crippen molar-refractivity contribution in [2.24, 2.45) is 0 Å². The number of likely N-dealkylation sites (tertiary alicyclic amines) is 1. The third kappa shape index (κ3) is 4.04. The smallest absolute Gasteiger partial charge is 0.0768 e. The van der Waals surface area contributed by atoms with Crippen molar-refractivity contribution in [3.8, 4) is 0 Å². The summed E-state index contributed by atoms with van der Waals surface area (Å²) in [5.41, 5.74) is -1.05. The molecule has 0 amide bonds. The van der Waals surface area contributed by atoms with Crippen LogP contribution in [0.15, 0.2) is 0 Å². The molecule has 1 atom stereocenters. The molecule has 1 unspecified atom stereocenters. The van der Waals surface area contributed by atoms with Crippen LogP contribution >= 0.6 is 0 Å². The van der Waals surface area contributed by atoms with Gasteiger partial charge in [-0.1, -0.05) is 13.8 Å². The summed E-state index contributed by atoms with van der Waals surface area (Å²) >= 11 is 0. The van der Waals surface area contributed by atoms with E-state index in [9.17, 15) is 10.2 Å². The Kier molecular flexibility index (Phi) is 4.77. The predicted molar refractivity (Wildman–Crippen MR) is 66.4 cm³/mol. The molecule has 1 aliphatic heterocycles. The first-order valence-corrected chi connectivity index (χ1v) is 6.58. The molecule has 3 heteroatoms. The van der Waals surface area contributed by atoms with Crippen molar-refractivity contribution in [2.45, 2.75) is 64.1 Å². The third-order valence-electron chi connectivity index (χ3n) is 3.99. The maximum absolute atomic E-state index is 10.3. The van der Waals surface area contributed by atoms with E-state index in [0.717, 1.165) is 51.7 Å². The van der Waals surface area contributed by atoms with E-state index in [2.05, 4.69) is 4.90 Å². The van der Waals surface area contributed by atoms with Gasteiger partial charge >= 0.3 is 0 Å². The zero-order chi connectivity index (χ0) is 12.2. The molecule has 2 N–H and O–H groups in total. The number of nitrogens with zero attached hydrogens (tertiary/aromatic N) is 1. The van der Waals surface area contributed by atoms with Gasteiger partial charge in [-0.05, 0) is 45.6 Å². The lowest BCUT2D eigenvalue weighted by Gasteiger charge is -2.32. The van der Waals surface area contributed by atoms with Crippen molar-refractivity contribution in [3.05, 3.63) is 0 Å². The van der Waals surface area contributed by atoms with E-state index in [1.807, 2.05) is 20.8 Å². The van der Waals surface area contributed by atoms with Gasteiger partial charge in [-0.15, -0.1) is 0 Å². The first kappa shape index (κ1) is 13.9. The highest BCUT2D eigenvalue weighted by Gasteiger charge is 2.29. The van der Waals surface area contributed by atoms with Crippen molar-refractivity contribution in [3.63, 3.8) is 0 Å². The van der Waals surface area contributed by atoms with E-state index in [-0.39, 0.29) is 0 Å². The molecule has 96 valence electrons. The SMILES string of the molecule is CCC(O)(CC)CN1CCCC(C)(O)CC1. The van der Waals surface area contributed by atoms with Gasteiger partial charge in [0, 0.05) is 13.1 Å². The van der Waals surface area contributed by atoms with Crippen molar-refractivity contribution in [1.82, 2.24) is 4.90 Å². The molecular formula is C13H27NO2. The predicted octanol–water partition coefficient (Wildman–Crippen LogP) is 1.77. The Labute approximate surface area is 99.5 Å². The van der Waals surface area contributed by atoms with E-state index in [1.54, 1.807) is 0 Å². The monoisotopic (exact) mass is 229 g/mol. The Hall–Kier alpha value is -0.120. The quantitative estimate of drug-likeness (QED) is 0.772. The molecule has 0 spiro atoms. The summed E-state index contributed by atoms with van der Waals surface area (Å²) in [7, 11) is 0. The average Bonchev–Trinajstić information content (AvgIpc) is 2.40. The van der Waals surface area contributed by atoms with Crippen molar-refractivity contribution < 1.29 is 10.2 Å². The Bertz CT molecular complexity index is 212. The minimum absolute atomic E-state index is 0.509. The van der Waals surface area contributed by atoms with Crippen LogP contribution in [-0.4, -0.2) is 45.9 Å². The second-order valence-electron chi connectivity index (χ2n) is 5.56. The van der Waals surface area contributed by atoms with Gasteiger partial charge in [-0.3, -0.25) is 0 Å². The van der Waals surface area contributed by atoms with Crippen LogP contribution in [0.5, 0.6) is 0 Å². The molecule has 0 aromatic rings. The summed E-state index contributed by atoms with van der Waals surface area (Å²) in [6.45, 7) is 8.64. The van der Waals surface area contributed by atoms with Gasteiger partial charge in [-0.2, -0.15) is 0 Å². The lowest BCUT2D eigenvalue weighted by atomic mass is 9.96. The van der Waals surface area contributed by atoms with Crippen LogP contribution in [0.2, 0.25) is 0 Å². The van der Waals surface area contributed by atoms with Crippen molar-refractivity contribution in [1.29, 1.82) is 0 Å². The fourth-order valence-electron chi connectivity index (χ4n) is 2.37. The highest BCUT2D eigenvalue weighted by Crippen LogP contribution is 2.24. The average molecular weight is 229 g/mol. The van der Waals surface area contributed by atoms with Crippen molar-refractivity contribution >= 4 is 0 Å². The standard InChI is InChI=1S/C13H27NO2/c1-4-13(16,5-2)11-14-9-6-7-12(3,15)8-10-14/h15-16H,4-11H2,1-3H3. The van der Waals surface area contributed by atoms with Crippen LogP contribution in [0.4, 0.5) is 0 Å². The van der Waals surface area contributed by atoms with Crippen LogP contribution in [0.1, 0.15) is 52.9 Å². The molecule has 3 nitrogen and oxygen atoms in total. The Morgan fingerprint density at radius 2 is 1.81 bits per heavy atom. The third-order valence-corrected chi connectivity index (χ3v) is 3.99. The molecule has 0 aromatic carbocycles. The van der Waals surface area contributed by atoms with Crippen molar-refractivity contribution in [2.75, 3.05) is 19.6 Å². The largest absolute Gasteiger partial charge is 0.390 e. The summed E-state index contributed by atoms with van der Waals surface area (Å²) in [5, 5.41) is 20.3. The summed E-state index contributed by atoms with van der Waals surface area (Å²) in [4.78, 5) is 2.30. The Morgan fingerprint density at radius 1 is 1.19 bits per heavy atom. The lowest BCUT2D eigenvalue weighted by Crippen LogP contribution is -2.43. The summed E-state index contributed by atoms with van der Waals surface area (Å²) in [5.74, 6) is 0. The molecule has 0 aromatic heterocycles. The number of hydrogen-bond acceptors (Lipinski definition) is 3. The maximum Gasteiger partial charge on any atom is 0.0768 e. The molecule has 0 radical (unpaired) electrons. The van der Waals surface area contributed by atoms with E-state index in [0.29, 0.717) is 0 Å². The van der Waals surface area contributed by atoms with Gasteiger partial charge in [0.2, 0.25) is 0 Å². The molecule has 0 aliphatic carbocycles. The van der Waals surface area contributed by atoms with Gasteiger partial charge in [0.25, 0.3) is 0 Å². The molecular weight excluding hydrogens is 202 g/mol. The molecule has 1 aliphatic rings. The van der Waals surface area contributed by atoms with E-state index >= 15 is 0 Å². The van der Waals surface area contributed by atoms with E-state index in [4.69, 9.17) is 0 Å². The second kappa shape index (κ2) is 5.48. The Morgan fingerprint density at radius 3 is 2.38 bits per heavy atom. The number of hydrogen-bond donors (Lipinski definition) is 2. The van der Waals surface area contributed by atoms with Crippen LogP contribution in [0, 0.1) is 0 Å². The zero-order valence-corrected chi connectivity index (χ0v) is 11.0. The minimum Gasteiger partial charge on any atom is -0.390 e. The van der Waals surface area contributed by atoms with Gasteiger partial charge in [0.1, 0.15) is 0 Å². The molecule has 0 bridgehead atoms. The molecule has 0 saturated carbocycles. The maximum atomic E-state index is 10.3. The van der Waals surface area contributed by atoms with Gasteiger partial charge in [0.05, 0.1) is 11.2 Å². The zero-order valence-electron chi connectivity index (χ0n) is 11.0. The number of rotatable bonds is 4. The normalized spacial score (nSPS) is 29.1. The summed E-state index contributed by atoms with van der Waals surface area (Å²) in [6, 6.07) is 0. The molecule has 1 fully saturated rings. The highest BCUT2D eigenvalue weighted by molar-refractivity contribution is 4.84. The van der Waals surface area contributed by atoms with E-state index < -0.39 is 11.2 Å². The Balaban J connectivity index is 2.49. The molecule has 1 rings (SSSR count). The second-order valence-corrected chi connectivity index (χ2v) is 5.56. The first-order valence-electron chi connectivity index (χ1n) is 6.58. The first-order chi connectivity index (χ1) is 7.41. The number of aliphatic hydroxyl groups is 2. The highest BCUT2D eigenvalue weighted by atomic mass is 16.3. The topological polar surface area (TPSA) is 43.7 Å². The molecule has 16 heavy (non-hydrogen) atoms. The molecule has 1 heterocycles. The molecule has 1 saturated heterocycles. The van der Waals surface area contributed by atoms with E-state index in [1.165, 1.54) is 0 Å². The fourth-order valence-corrected chi connectivity index (χ4v) is 2.37. The lowest BCUT2D eigenvalue weighted by molar-refractivity contribution is -0.00615. The van der Waals surface area contributed by atoms with Gasteiger partial charge in [-0.25, -0.2) is 0 Å². The minimum atomic E-state index is -0.545. The summed E-state index contributed by atoms with van der Waals surface area (Å²) < 4.78 is 0. The number of β-amino-alcohol motifs (C(OH)–C–C–N with tert-alkyl or cyclic N) is 1. The summed E-state index contributed by atoms with van der Waals surface area (Å²) in [6.07, 6.45) is 4.32. The van der Waals surface area contributed by atoms with Gasteiger partial charge in [0.15, 0.2) is 0 Å². The van der Waals surface area contributed by atoms with Crippen LogP contribution in [0.25, 0.3) is 0 Å². The van der Waals surface area contributed by atoms with Crippen LogP contribution in [-0.2, 0) is 0 Å². The van der Waals surface area contributed by atoms with Crippen LogP contribution < -0.4 is 0 Å². The van der Waals surface area contributed by atoms with Crippen LogP contribution in [0.3, 0.4) is 0 Å². The van der Waals surface area contributed by atoms with Gasteiger partial charge < -0.3 is 15.1 Å².